The average Bonchev–Trinajstić information content (AvgIpc) is 3.46. The minimum absolute atomic E-state index is 0.0264. The summed E-state index contributed by atoms with van der Waals surface area (Å²) in [5, 5.41) is 47.6. The van der Waals surface area contributed by atoms with Crippen molar-refractivity contribution in [3.05, 3.63) is 35.3 Å². The van der Waals surface area contributed by atoms with Gasteiger partial charge in [-0.1, -0.05) is 34.6 Å². The van der Waals surface area contributed by atoms with Crippen molar-refractivity contribution in [1.82, 2.24) is 0 Å². The van der Waals surface area contributed by atoms with Crippen molar-refractivity contribution in [3.63, 3.8) is 0 Å². The van der Waals surface area contributed by atoms with Crippen LogP contribution in [0, 0.1) is 22.2 Å². The van der Waals surface area contributed by atoms with E-state index in [2.05, 4.69) is 0 Å². The lowest BCUT2D eigenvalue weighted by Gasteiger charge is -2.72. The number of ketones is 1. The molecule has 5 rings (SSSR count). The summed E-state index contributed by atoms with van der Waals surface area (Å²) in [6.45, 7) is 12.1. The van der Waals surface area contributed by atoms with Crippen molar-refractivity contribution in [2.45, 2.75) is 109 Å². The van der Waals surface area contributed by atoms with Gasteiger partial charge in [0.2, 0.25) is 0 Å². The van der Waals surface area contributed by atoms with Crippen LogP contribution in [0.3, 0.4) is 0 Å². The van der Waals surface area contributed by atoms with Gasteiger partial charge in [0.25, 0.3) is 0 Å². The highest BCUT2D eigenvalue weighted by atomic mass is 16.6. The number of esters is 1. The molecule has 11 atom stereocenters. The summed E-state index contributed by atoms with van der Waals surface area (Å²) < 4.78 is 22.8. The molecule has 1 aromatic heterocycles. The Morgan fingerprint density at radius 1 is 1.17 bits per heavy atom. The summed E-state index contributed by atoms with van der Waals surface area (Å²) in [6.07, 6.45) is -3.93. The molecule has 0 radical (unpaired) electrons. The van der Waals surface area contributed by atoms with Crippen LogP contribution in [0.5, 0.6) is 0 Å². The Labute approximate surface area is 240 Å². The van der Waals surface area contributed by atoms with E-state index < -0.39 is 81.6 Å². The van der Waals surface area contributed by atoms with Gasteiger partial charge in [-0.3, -0.25) is 4.79 Å². The monoisotopic (exact) mass is 576 g/mol. The summed E-state index contributed by atoms with van der Waals surface area (Å²) >= 11 is 0. The minimum atomic E-state index is -1.67. The lowest BCUT2D eigenvalue weighted by Crippen LogP contribution is -2.83. The van der Waals surface area contributed by atoms with E-state index in [0.717, 1.165) is 0 Å². The molecule has 41 heavy (non-hydrogen) atoms. The van der Waals surface area contributed by atoms with Crippen LogP contribution in [0.4, 0.5) is 0 Å². The van der Waals surface area contributed by atoms with Gasteiger partial charge in [0.05, 0.1) is 42.0 Å². The van der Waals surface area contributed by atoms with Gasteiger partial charge >= 0.3 is 5.97 Å². The van der Waals surface area contributed by atoms with Gasteiger partial charge in [-0.25, -0.2) is 4.79 Å². The Balaban J connectivity index is 1.63. The number of fused-ring (bicyclic) bond motifs is 5. The summed E-state index contributed by atoms with van der Waals surface area (Å²) in [5.74, 6) is -2.49. The molecule has 4 N–H and O–H groups in total. The van der Waals surface area contributed by atoms with Crippen molar-refractivity contribution < 1.29 is 48.6 Å². The molecule has 1 aliphatic heterocycles. The van der Waals surface area contributed by atoms with Gasteiger partial charge in [0.1, 0.15) is 23.6 Å². The maximum Gasteiger partial charge on any atom is 0.336 e. The molecule has 0 spiro atoms. The standard InChI is InChI=1S/C31H44O10/c1-15-19(41-26(35)23(32)16(2)18-10-9-11-39-18)13-30(36)17(3)29(7)28(6,25(34)24(33)22(15)27(30,4)5)20(38-8)12-21-31(29,37)14-40-21/h9-11,16-17,19-21,23-24,32-33,36-37H,12-14H2,1-8H3/t16-,17-,19?,20?,21?,23?,24?,28-,29?,30?,31?/m0/s1. The molecule has 2 bridgehead atoms. The third kappa shape index (κ3) is 3.58. The number of furan rings is 1. The van der Waals surface area contributed by atoms with Crippen LogP contribution in [-0.2, 0) is 23.8 Å². The van der Waals surface area contributed by atoms with Crippen LogP contribution < -0.4 is 0 Å². The fourth-order valence-corrected chi connectivity index (χ4v) is 8.90. The van der Waals surface area contributed by atoms with Gasteiger partial charge in [-0.15, -0.1) is 0 Å². The zero-order chi connectivity index (χ0) is 30.5. The molecule has 10 nitrogen and oxygen atoms in total. The quantitative estimate of drug-likeness (QED) is 0.303. The Hall–Kier alpha value is -2.08. The van der Waals surface area contributed by atoms with Gasteiger partial charge in [-0.05, 0) is 43.0 Å². The first-order valence-electron chi connectivity index (χ1n) is 14.4. The third-order valence-electron chi connectivity index (χ3n) is 12.1. The predicted molar refractivity (Wildman–Crippen MR) is 146 cm³/mol. The van der Waals surface area contributed by atoms with E-state index in [-0.39, 0.29) is 25.0 Å². The number of methoxy groups -OCH3 is 1. The molecule has 3 aliphatic carbocycles. The van der Waals surface area contributed by atoms with E-state index >= 15 is 0 Å². The summed E-state index contributed by atoms with van der Waals surface area (Å²) in [7, 11) is 1.50. The van der Waals surface area contributed by atoms with E-state index in [1.807, 2.05) is 0 Å². The van der Waals surface area contributed by atoms with Gasteiger partial charge in [-0.2, -0.15) is 0 Å². The van der Waals surface area contributed by atoms with Crippen LogP contribution >= 0.6 is 0 Å². The third-order valence-corrected chi connectivity index (χ3v) is 12.1. The average molecular weight is 577 g/mol. The molecule has 2 heterocycles. The molecule has 1 saturated heterocycles. The molecule has 2 saturated carbocycles. The number of Topliss-reactive ketones (excluding diaryl/α,β-unsaturated/α-hetero) is 1. The molecule has 10 heteroatoms. The number of ether oxygens (including phenoxy) is 3. The SMILES string of the molecule is COC1CC2OCC2(O)C2(C)[C@H](C)C3(O)CC(OC(=O)C(O)[C@@H](C)c4ccco4)C(C)=C(C(O)C(=O)[C@]12C)C3(C)C. The number of hydrogen-bond acceptors (Lipinski definition) is 10. The van der Waals surface area contributed by atoms with Gasteiger partial charge < -0.3 is 39.1 Å². The Bertz CT molecular complexity index is 1250. The highest BCUT2D eigenvalue weighted by Crippen LogP contribution is 2.70. The zero-order valence-electron chi connectivity index (χ0n) is 25.1. The lowest BCUT2D eigenvalue weighted by molar-refractivity contribution is -0.373. The van der Waals surface area contributed by atoms with Crippen LogP contribution in [-0.4, -0.2) is 87.6 Å². The molecule has 228 valence electrons. The number of carbonyl (C=O) groups is 2. The first kappa shape index (κ1) is 30.4. The first-order valence-corrected chi connectivity index (χ1v) is 14.4. The summed E-state index contributed by atoms with van der Waals surface area (Å²) in [5.41, 5.74) is -6.31. The molecular formula is C31H44O10. The van der Waals surface area contributed by atoms with E-state index in [1.54, 1.807) is 60.6 Å². The molecule has 8 unspecified atom stereocenters. The summed E-state index contributed by atoms with van der Waals surface area (Å²) in [4.78, 5) is 27.8. The minimum Gasteiger partial charge on any atom is -0.469 e. The first-order chi connectivity index (χ1) is 18.9. The van der Waals surface area contributed by atoms with E-state index in [4.69, 9.17) is 18.6 Å². The van der Waals surface area contributed by atoms with E-state index in [0.29, 0.717) is 11.3 Å². The zero-order valence-corrected chi connectivity index (χ0v) is 25.1. The predicted octanol–water partition coefficient (Wildman–Crippen LogP) is 2.27. The highest BCUT2D eigenvalue weighted by Gasteiger charge is 2.79. The van der Waals surface area contributed by atoms with Crippen LogP contribution in [0.15, 0.2) is 34.0 Å². The molecule has 1 aromatic rings. The maximum absolute atomic E-state index is 14.5. The number of hydrogen-bond donors (Lipinski definition) is 4. The Kier molecular flexibility index (Phi) is 7.01. The lowest BCUT2D eigenvalue weighted by atomic mass is 9.36. The number of rotatable bonds is 5. The second-order valence-electron chi connectivity index (χ2n) is 13.6. The molecule has 3 fully saturated rings. The van der Waals surface area contributed by atoms with Gasteiger partial charge in [0, 0.05) is 30.8 Å². The van der Waals surface area contributed by atoms with Crippen molar-refractivity contribution in [3.8, 4) is 0 Å². The van der Waals surface area contributed by atoms with Crippen molar-refractivity contribution in [2.75, 3.05) is 13.7 Å². The fraction of sp³-hybridized carbons (Fsp3) is 0.742. The number of carbonyl (C=O) groups excluding carboxylic acids is 2. The van der Waals surface area contributed by atoms with E-state index in [1.165, 1.54) is 13.4 Å². The highest BCUT2D eigenvalue weighted by molar-refractivity contribution is 5.94. The second-order valence-corrected chi connectivity index (χ2v) is 13.6. The Morgan fingerprint density at radius 2 is 1.83 bits per heavy atom. The summed E-state index contributed by atoms with van der Waals surface area (Å²) in [6, 6.07) is 3.31. The van der Waals surface area contributed by atoms with Crippen molar-refractivity contribution in [1.29, 1.82) is 0 Å². The molecule has 4 aliphatic rings. The topological polar surface area (TPSA) is 156 Å². The van der Waals surface area contributed by atoms with Crippen LogP contribution in [0.2, 0.25) is 0 Å². The number of aliphatic hydroxyl groups is 4. The molecule has 0 amide bonds. The van der Waals surface area contributed by atoms with E-state index in [9.17, 15) is 30.0 Å². The molecule has 0 aromatic carbocycles. The maximum atomic E-state index is 14.5. The van der Waals surface area contributed by atoms with Crippen LogP contribution in [0.1, 0.15) is 73.0 Å². The van der Waals surface area contributed by atoms with Crippen molar-refractivity contribution in [2.24, 2.45) is 22.2 Å². The normalized spacial score (nSPS) is 45.0. The number of aliphatic hydroxyl groups excluding tert-OH is 2. The van der Waals surface area contributed by atoms with Crippen LogP contribution in [0.25, 0.3) is 0 Å². The second kappa shape index (κ2) is 9.46. The molecular weight excluding hydrogens is 532 g/mol. The Morgan fingerprint density at radius 3 is 2.37 bits per heavy atom. The fourth-order valence-electron chi connectivity index (χ4n) is 8.90. The smallest absolute Gasteiger partial charge is 0.336 e. The van der Waals surface area contributed by atoms with Crippen molar-refractivity contribution >= 4 is 11.8 Å². The van der Waals surface area contributed by atoms with Gasteiger partial charge in [0.15, 0.2) is 11.9 Å². The largest absolute Gasteiger partial charge is 0.469 e.